The summed E-state index contributed by atoms with van der Waals surface area (Å²) in [5.41, 5.74) is 1.99. The molecule has 0 aliphatic rings. The molecule has 0 unspecified atom stereocenters. The van der Waals surface area contributed by atoms with Crippen molar-refractivity contribution in [3.63, 3.8) is 0 Å². The van der Waals surface area contributed by atoms with Crippen molar-refractivity contribution in [3.05, 3.63) is 29.3 Å². The quantitative estimate of drug-likeness (QED) is 0.714. The number of aromatic hydroxyl groups is 1. The number of hydrogen-bond acceptors (Lipinski definition) is 2. The molecule has 1 rings (SSSR count). The summed E-state index contributed by atoms with van der Waals surface area (Å²) in [6.45, 7) is 2.76. The monoisotopic (exact) mass is 165 g/mol. The van der Waals surface area contributed by atoms with Crippen LogP contribution in [0.4, 0.5) is 0 Å². The van der Waals surface area contributed by atoms with Gasteiger partial charge in [0.05, 0.1) is 0 Å². The number of aryl methyl sites for hydroxylation is 1. The molecular formula is C10H15NO. The standard InChI is InChI=1S/C10H15NO/c1-3-8-5-4-6-9(7-11-2)10(8)12/h4-6,11-12H,3,7H2,1-2H3. The van der Waals surface area contributed by atoms with Gasteiger partial charge in [0.1, 0.15) is 5.75 Å². The molecule has 0 amide bonds. The first-order chi connectivity index (χ1) is 5.79. The molecule has 0 aliphatic carbocycles. The average molecular weight is 165 g/mol. The summed E-state index contributed by atoms with van der Waals surface area (Å²) in [4.78, 5) is 0. The molecule has 1 aromatic rings. The highest BCUT2D eigenvalue weighted by Crippen LogP contribution is 2.22. The zero-order valence-electron chi connectivity index (χ0n) is 7.59. The topological polar surface area (TPSA) is 32.3 Å². The van der Waals surface area contributed by atoms with Gasteiger partial charge < -0.3 is 10.4 Å². The van der Waals surface area contributed by atoms with E-state index in [9.17, 15) is 5.11 Å². The van der Waals surface area contributed by atoms with Crippen LogP contribution in [0.15, 0.2) is 18.2 Å². The minimum Gasteiger partial charge on any atom is -0.507 e. The number of hydrogen-bond donors (Lipinski definition) is 2. The van der Waals surface area contributed by atoms with E-state index in [1.807, 2.05) is 32.2 Å². The van der Waals surface area contributed by atoms with Gasteiger partial charge in [0.2, 0.25) is 0 Å². The molecule has 0 heterocycles. The predicted molar refractivity (Wildman–Crippen MR) is 50.2 cm³/mol. The van der Waals surface area contributed by atoms with E-state index in [0.29, 0.717) is 5.75 Å². The maximum atomic E-state index is 9.68. The van der Waals surface area contributed by atoms with Gasteiger partial charge in [-0.3, -0.25) is 0 Å². The van der Waals surface area contributed by atoms with Crippen molar-refractivity contribution in [1.29, 1.82) is 0 Å². The fourth-order valence-electron chi connectivity index (χ4n) is 1.26. The summed E-state index contributed by atoms with van der Waals surface area (Å²) >= 11 is 0. The van der Waals surface area contributed by atoms with Crippen molar-refractivity contribution >= 4 is 0 Å². The first kappa shape index (κ1) is 9.07. The third kappa shape index (κ3) is 1.77. The molecule has 1 aromatic carbocycles. The zero-order valence-corrected chi connectivity index (χ0v) is 7.59. The molecule has 0 radical (unpaired) electrons. The van der Waals surface area contributed by atoms with E-state index >= 15 is 0 Å². The molecule has 12 heavy (non-hydrogen) atoms. The highest BCUT2D eigenvalue weighted by Gasteiger charge is 2.03. The van der Waals surface area contributed by atoms with E-state index in [0.717, 1.165) is 24.1 Å². The fraction of sp³-hybridized carbons (Fsp3) is 0.400. The van der Waals surface area contributed by atoms with Crippen molar-refractivity contribution in [2.75, 3.05) is 7.05 Å². The van der Waals surface area contributed by atoms with Crippen LogP contribution in [0.3, 0.4) is 0 Å². The Bertz CT molecular complexity index is 258. The molecule has 0 atom stereocenters. The highest BCUT2D eigenvalue weighted by atomic mass is 16.3. The molecule has 0 saturated heterocycles. The maximum Gasteiger partial charge on any atom is 0.123 e. The first-order valence-corrected chi connectivity index (χ1v) is 4.24. The molecule has 0 spiro atoms. The number of para-hydroxylation sites is 1. The SMILES string of the molecule is CCc1cccc(CNC)c1O. The van der Waals surface area contributed by atoms with Crippen molar-refractivity contribution < 1.29 is 5.11 Å². The highest BCUT2D eigenvalue weighted by molar-refractivity contribution is 5.40. The Labute approximate surface area is 73.2 Å². The van der Waals surface area contributed by atoms with Crippen LogP contribution < -0.4 is 5.32 Å². The Kier molecular flexibility index (Phi) is 3.11. The van der Waals surface area contributed by atoms with Gasteiger partial charge in [-0.2, -0.15) is 0 Å². The van der Waals surface area contributed by atoms with Crippen molar-refractivity contribution in [2.24, 2.45) is 0 Å². The molecule has 2 N–H and O–H groups in total. The Hall–Kier alpha value is -1.02. The second-order valence-electron chi connectivity index (χ2n) is 2.81. The normalized spacial score (nSPS) is 10.2. The van der Waals surface area contributed by atoms with Crippen LogP contribution in [0.1, 0.15) is 18.1 Å². The number of phenols is 1. The first-order valence-electron chi connectivity index (χ1n) is 4.24. The van der Waals surface area contributed by atoms with Gasteiger partial charge in [-0.25, -0.2) is 0 Å². The van der Waals surface area contributed by atoms with Gasteiger partial charge in [0.25, 0.3) is 0 Å². The fourth-order valence-corrected chi connectivity index (χ4v) is 1.26. The number of rotatable bonds is 3. The molecule has 0 fully saturated rings. The largest absolute Gasteiger partial charge is 0.507 e. The lowest BCUT2D eigenvalue weighted by molar-refractivity contribution is 0.459. The summed E-state index contributed by atoms with van der Waals surface area (Å²) in [5.74, 6) is 0.439. The minimum atomic E-state index is 0.439. The van der Waals surface area contributed by atoms with Crippen LogP contribution in [0, 0.1) is 0 Å². The van der Waals surface area contributed by atoms with E-state index in [1.165, 1.54) is 0 Å². The van der Waals surface area contributed by atoms with Crippen LogP contribution in [-0.2, 0) is 13.0 Å². The number of nitrogens with one attached hydrogen (secondary N) is 1. The lowest BCUT2D eigenvalue weighted by Crippen LogP contribution is -2.05. The number of phenolic OH excluding ortho intramolecular Hbond substituents is 1. The van der Waals surface area contributed by atoms with Crippen LogP contribution in [0.25, 0.3) is 0 Å². The van der Waals surface area contributed by atoms with Gasteiger partial charge >= 0.3 is 0 Å². The van der Waals surface area contributed by atoms with Gasteiger partial charge in [-0.15, -0.1) is 0 Å². The van der Waals surface area contributed by atoms with Crippen LogP contribution in [0.5, 0.6) is 5.75 Å². The smallest absolute Gasteiger partial charge is 0.123 e. The summed E-state index contributed by atoms with van der Waals surface area (Å²) < 4.78 is 0. The van der Waals surface area contributed by atoms with E-state index < -0.39 is 0 Å². The molecule has 0 bridgehead atoms. The Morgan fingerprint density at radius 1 is 1.33 bits per heavy atom. The summed E-state index contributed by atoms with van der Waals surface area (Å²) in [7, 11) is 1.87. The second-order valence-corrected chi connectivity index (χ2v) is 2.81. The zero-order chi connectivity index (χ0) is 8.97. The lowest BCUT2D eigenvalue weighted by atomic mass is 10.1. The number of benzene rings is 1. The summed E-state index contributed by atoms with van der Waals surface area (Å²) in [6, 6.07) is 5.87. The van der Waals surface area contributed by atoms with Crippen molar-refractivity contribution in [3.8, 4) is 5.75 Å². The third-order valence-electron chi connectivity index (χ3n) is 1.95. The molecule has 66 valence electrons. The minimum absolute atomic E-state index is 0.439. The molecular weight excluding hydrogens is 150 g/mol. The molecule has 0 saturated carbocycles. The second kappa shape index (κ2) is 4.12. The predicted octanol–water partition coefficient (Wildman–Crippen LogP) is 1.67. The van der Waals surface area contributed by atoms with Crippen molar-refractivity contribution in [2.45, 2.75) is 19.9 Å². The van der Waals surface area contributed by atoms with E-state index in [1.54, 1.807) is 0 Å². The summed E-state index contributed by atoms with van der Waals surface area (Å²) in [6.07, 6.45) is 0.878. The molecule has 0 aliphatic heterocycles. The van der Waals surface area contributed by atoms with E-state index in [-0.39, 0.29) is 0 Å². The van der Waals surface area contributed by atoms with Gasteiger partial charge in [0.15, 0.2) is 0 Å². The van der Waals surface area contributed by atoms with Gasteiger partial charge in [-0.1, -0.05) is 25.1 Å². The van der Waals surface area contributed by atoms with E-state index in [2.05, 4.69) is 5.32 Å². The van der Waals surface area contributed by atoms with Crippen LogP contribution in [0.2, 0.25) is 0 Å². The van der Waals surface area contributed by atoms with Crippen LogP contribution in [-0.4, -0.2) is 12.2 Å². The maximum absolute atomic E-state index is 9.68. The van der Waals surface area contributed by atoms with Crippen LogP contribution >= 0.6 is 0 Å². The third-order valence-corrected chi connectivity index (χ3v) is 1.95. The molecule has 2 heteroatoms. The van der Waals surface area contributed by atoms with Crippen molar-refractivity contribution in [1.82, 2.24) is 5.32 Å². The molecule has 0 aromatic heterocycles. The Morgan fingerprint density at radius 3 is 2.58 bits per heavy atom. The Morgan fingerprint density at radius 2 is 2.00 bits per heavy atom. The summed E-state index contributed by atoms with van der Waals surface area (Å²) in [5, 5.41) is 12.7. The average Bonchev–Trinajstić information content (AvgIpc) is 2.09. The Balaban J connectivity index is 2.97. The van der Waals surface area contributed by atoms with Gasteiger partial charge in [-0.05, 0) is 19.0 Å². The van der Waals surface area contributed by atoms with E-state index in [4.69, 9.17) is 0 Å². The molecule has 2 nitrogen and oxygen atoms in total. The van der Waals surface area contributed by atoms with Gasteiger partial charge in [0, 0.05) is 12.1 Å². The lowest BCUT2D eigenvalue weighted by Gasteiger charge is -2.07.